The van der Waals surface area contributed by atoms with Crippen molar-refractivity contribution in [3.8, 4) is 5.75 Å². The number of hydrogen-bond donors (Lipinski definition) is 2. The first-order chi connectivity index (χ1) is 8.15. The standard InChI is InChI=1S/C14H17NO2.ClH/c1-9(16)14(15)12-7-8-13(17-2)11-6-4-3-5-10(11)12;/h3-9,14,16H,15H2,1-2H3;1H/t9-,14-;/m0./s1. The van der Waals surface area contributed by atoms with Gasteiger partial charge in [0, 0.05) is 5.39 Å². The van der Waals surface area contributed by atoms with Crippen LogP contribution in [0.25, 0.3) is 10.8 Å². The lowest BCUT2D eigenvalue weighted by Gasteiger charge is -2.18. The highest BCUT2D eigenvalue weighted by Gasteiger charge is 2.16. The van der Waals surface area contributed by atoms with Gasteiger partial charge in [-0.25, -0.2) is 0 Å². The first kappa shape index (κ1) is 14.8. The minimum absolute atomic E-state index is 0. The van der Waals surface area contributed by atoms with E-state index in [0.29, 0.717) is 0 Å². The molecule has 98 valence electrons. The van der Waals surface area contributed by atoms with Gasteiger partial charge in [0.25, 0.3) is 0 Å². The summed E-state index contributed by atoms with van der Waals surface area (Å²) in [6, 6.07) is 11.3. The predicted octanol–water partition coefficient (Wildman–Crippen LogP) is 2.65. The van der Waals surface area contributed by atoms with Crippen molar-refractivity contribution in [1.82, 2.24) is 0 Å². The average molecular weight is 268 g/mol. The van der Waals surface area contributed by atoms with Gasteiger partial charge in [0.15, 0.2) is 0 Å². The Kier molecular flexibility index (Phi) is 4.96. The van der Waals surface area contributed by atoms with Crippen LogP contribution in [-0.4, -0.2) is 18.3 Å². The second-order valence-electron chi connectivity index (χ2n) is 4.17. The topological polar surface area (TPSA) is 55.5 Å². The Labute approximate surface area is 113 Å². The maximum absolute atomic E-state index is 9.60. The molecule has 3 N–H and O–H groups in total. The first-order valence-corrected chi connectivity index (χ1v) is 5.64. The van der Waals surface area contributed by atoms with E-state index in [2.05, 4.69) is 0 Å². The van der Waals surface area contributed by atoms with E-state index >= 15 is 0 Å². The van der Waals surface area contributed by atoms with Crippen LogP contribution in [0.2, 0.25) is 0 Å². The molecule has 0 saturated carbocycles. The Balaban J connectivity index is 0.00000162. The van der Waals surface area contributed by atoms with Crippen molar-refractivity contribution in [1.29, 1.82) is 0 Å². The van der Waals surface area contributed by atoms with Gasteiger partial charge in [-0.05, 0) is 23.9 Å². The van der Waals surface area contributed by atoms with Crippen molar-refractivity contribution in [2.75, 3.05) is 7.11 Å². The molecule has 0 fully saturated rings. The van der Waals surface area contributed by atoms with E-state index < -0.39 is 6.10 Å². The molecule has 0 aliphatic rings. The Bertz CT molecular complexity index is 528. The molecule has 3 nitrogen and oxygen atoms in total. The van der Waals surface area contributed by atoms with Crippen LogP contribution in [0.4, 0.5) is 0 Å². The summed E-state index contributed by atoms with van der Waals surface area (Å²) in [6.07, 6.45) is -0.577. The lowest BCUT2D eigenvalue weighted by molar-refractivity contribution is 0.165. The molecule has 18 heavy (non-hydrogen) atoms. The summed E-state index contributed by atoms with van der Waals surface area (Å²) in [6.45, 7) is 1.70. The molecule has 0 heterocycles. The fourth-order valence-corrected chi connectivity index (χ4v) is 2.02. The number of hydrogen-bond acceptors (Lipinski definition) is 3. The number of halogens is 1. The van der Waals surface area contributed by atoms with Crippen molar-refractivity contribution in [3.05, 3.63) is 42.0 Å². The Morgan fingerprint density at radius 2 is 1.72 bits per heavy atom. The van der Waals surface area contributed by atoms with E-state index in [0.717, 1.165) is 22.1 Å². The van der Waals surface area contributed by atoms with E-state index in [4.69, 9.17) is 10.5 Å². The molecule has 0 aliphatic heterocycles. The minimum Gasteiger partial charge on any atom is -0.496 e. The Hall–Kier alpha value is -1.29. The molecule has 2 rings (SSSR count). The number of benzene rings is 2. The van der Waals surface area contributed by atoms with Crippen LogP contribution in [0.3, 0.4) is 0 Å². The zero-order chi connectivity index (χ0) is 12.4. The highest BCUT2D eigenvalue weighted by atomic mass is 35.5. The molecule has 0 amide bonds. The largest absolute Gasteiger partial charge is 0.496 e. The van der Waals surface area contributed by atoms with Gasteiger partial charge in [-0.3, -0.25) is 0 Å². The van der Waals surface area contributed by atoms with Gasteiger partial charge in [-0.15, -0.1) is 12.4 Å². The molecule has 0 aromatic heterocycles. The summed E-state index contributed by atoms with van der Waals surface area (Å²) in [4.78, 5) is 0. The predicted molar refractivity (Wildman–Crippen MR) is 76.4 cm³/mol. The van der Waals surface area contributed by atoms with Gasteiger partial charge >= 0.3 is 0 Å². The summed E-state index contributed by atoms with van der Waals surface area (Å²) in [7, 11) is 1.65. The second kappa shape index (κ2) is 6.05. The van der Waals surface area contributed by atoms with E-state index in [1.54, 1.807) is 14.0 Å². The maximum Gasteiger partial charge on any atom is 0.126 e. The smallest absolute Gasteiger partial charge is 0.126 e. The quantitative estimate of drug-likeness (QED) is 0.899. The first-order valence-electron chi connectivity index (χ1n) is 5.64. The fourth-order valence-electron chi connectivity index (χ4n) is 2.02. The molecular weight excluding hydrogens is 250 g/mol. The van der Waals surface area contributed by atoms with Gasteiger partial charge in [0.1, 0.15) is 5.75 Å². The minimum atomic E-state index is -0.577. The van der Waals surface area contributed by atoms with Gasteiger partial charge in [-0.1, -0.05) is 30.3 Å². The number of fused-ring (bicyclic) bond motifs is 1. The number of aliphatic hydroxyl groups is 1. The summed E-state index contributed by atoms with van der Waals surface area (Å²) < 4.78 is 5.32. The molecule has 4 heteroatoms. The van der Waals surface area contributed by atoms with Crippen molar-refractivity contribution in [2.45, 2.75) is 19.1 Å². The van der Waals surface area contributed by atoms with E-state index in [-0.39, 0.29) is 18.4 Å². The Morgan fingerprint density at radius 3 is 2.28 bits per heavy atom. The van der Waals surface area contributed by atoms with Crippen molar-refractivity contribution in [3.63, 3.8) is 0 Å². The van der Waals surface area contributed by atoms with E-state index in [9.17, 15) is 5.11 Å². The average Bonchev–Trinajstić information content (AvgIpc) is 2.36. The summed E-state index contributed by atoms with van der Waals surface area (Å²) in [5, 5.41) is 11.6. The number of nitrogens with two attached hydrogens (primary N) is 1. The van der Waals surface area contributed by atoms with Gasteiger partial charge in [-0.2, -0.15) is 0 Å². The summed E-state index contributed by atoms with van der Waals surface area (Å²) in [5.41, 5.74) is 6.95. The van der Waals surface area contributed by atoms with Crippen LogP contribution in [-0.2, 0) is 0 Å². The molecule has 0 unspecified atom stereocenters. The van der Waals surface area contributed by atoms with Crippen LogP contribution < -0.4 is 10.5 Å². The third-order valence-corrected chi connectivity index (χ3v) is 3.02. The van der Waals surface area contributed by atoms with Crippen LogP contribution >= 0.6 is 12.4 Å². The normalized spacial score (nSPS) is 13.8. The van der Waals surface area contributed by atoms with E-state index in [1.807, 2.05) is 36.4 Å². The van der Waals surface area contributed by atoms with Crippen molar-refractivity contribution in [2.24, 2.45) is 5.73 Å². The second-order valence-corrected chi connectivity index (χ2v) is 4.17. The van der Waals surface area contributed by atoms with Gasteiger partial charge in [0.2, 0.25) is 0 Å². The molecule has 0 bridgehead atoms. The van der Waals surface area contributed by atoms with Crippen LogP contribution in [0.15, 0.2) is 36.4 Å². The third-order valence-electron chi connectivity index (χ3n) is 3.02. The van der Waals surface area contributed by atoms with Crippen LogP contribution in [0.1, 0.15) is 18.5 Å². The lowest BCUT2D eigenvalue weighted by atomic mass is 9.96. The molecule has 2 atom stereocenters. The SMILES string of the molecule is COc1ccc([C@@H](N)[C@H](C)O)c2ccccc12.Cl. The van der Waals surface area contributed by atoms with Gasteiger partial charge < -0.3 is 15.6 Å². The highest BCUT2D eigenvalue weighted by Crippen LogP contribution is 2.31. The molecule has 0 aliphatic carbocycles. The van der Waals surface area contributed by atoms with Gasteiger partial charge in [0.05, 0.1) is 19.3 Å². The number of aliphatic hydroxyl groups excluding tert-OH is 1. The third kappa shape index (κ3) is 2.58. The molecule has 0 saturated heterocycles. The zero-order valence-electron chi connectivity index (χ0n) is 10.5. The number of ether oxygens (including phenoxy) is 1. The number of rotatable bonds is 3. The number of methoxy groups -OCH3 is 1. The fraction of sp³-hybridized carbons (Fsp3) is 0.286. The van der Waals surface area contributed by atoms with Crippen molar-refractivity contribution < 1.29 is 9.84 Å². The highest BCUT2D eigenvalue weighted by molar-refractivity contribution is 5.91. The molecule has 0 spiro atoms. The lowest BCUT2D eigenvalue weighted by Crippen LogP contribution is -2.23. The molecule has 2 aromatic rings. The van der Waals surface area contributed by atoms with Crippen LogP contribution in [0.5, 0.6) is 5.75 Å². The summed E-state index contributed by atoms with van der Waals surface area (Å²) >= 11 is 0. The summed E-state index contributed by atoms with van der Waals surface area (Å²) in [5.74, 6) is 0.821. The monoisotopic (exact) mass is 267 g/mol. The Morgan fingerprint density at radius 1 is 1.11 bits per heavy atom. The molecule has 0 radical (unpaired) electrons. The molecular formula is C14H18ClNO2. The maximum atomic E-state index is 9.60. The molecule has 2 aromatic carbocycles. The van der Waals surface area contributed by atoms with Crippen molar-refractivity contribution >= 4 is 23.2 Å². The zero-order valence-corrected chi connectivity index (χ0v) is 11.3. The van der Waals surface area contributed by atoms with E-state index in [1.165, 1.54) is 0 Å². The van der Waals surface area contributed by atoms with Crippen LogP contribution in [0, 0.1) is 0 Å².